The molecule has 1 aromatic heterocycles. The Bertz CT molecular complexity index is 462. The van der Waals surface area contributed by atoms with Gasteiger partial charge in [-0.2, -0.15) is 0 Å². The molecule has 0 atom stereocenters. The van der Waals surface area contributed by atoms with E-state index in [-0.39, 0.29) is 5.82 Å². The molecule has 2 rings (SSSR count). The Kier molecular flexibility index (Phi) is 2.73. The number of furan rings is 1. The molecule has 0 spiro atoms. The Morgan fingerprint density at radius 2 is 2.20 bits per heavy atom. The molecule has 0 aliphatic rings. The van der Waals surface area contributed by atoms with E-state index < -0.39 is 0 Å². The molecule has 1 N–H and O–H groups in total. The van der Waals surface area contributed by atoms with Gasteiger partial charge in [0.05, 0.1) is 6.26 Å². The minimum Gasteiger partial charge on any atom is -0.464 e. The Morgan fingerprint density at radius 3 is 2.93 bits per heavy atom. The van der Waals surface area contributed by atoms with E-state index in [4.69, 9.17) is 4.42 Å². The van der Waals surface area contributed by atoms with Crippen molar-refractivity contribution in [1.82, 2.24) is 5.32 Å². The summed E-state index contributed by atoms with van der Waals surface area (Å²) >= 11 is 0. The van der Waals surface area contributed by atoms with E-state index in [0.717, 1.165) is 17.5 Å². The maximum atomic E-state index is 12.9. The topological polar surface area (TPSA) is 25.2 Å². The molecule has 0 aliphatic carbocycles. The standard InChI is InChI=1S/C12H14FNO/c1-8(2)14-6-9-7-15-12-5-10(13)3-4-11(9)12/h3-5,7-8,14H,6H2,1-2H3. The predicted molar refractivity (Wildman–Crippen MR) is 58.1 cm³/mol. The van der Waals surface area contributed by atoms with Crippen molar-refractivity contribution in [2.75, 3.05) is 0 Å². The molecule has 2 nitrogen and oxygen atoms in total. The predicted octanol–water partition coefficient (Wildman–Crippen LogP) is 3.07. The van der Waals surface area contributed by atoms with Crippen LogP contribution in [-0.4, -0.2) is 6.04 Å². The fraction of sp³-hybridized carbons (Fsp3) is 0.333. The first kappa shape index (κ1) is 10.2. The van der Waals surface area contributed by atoms with E-state index in [1.54, 1.807) is 12.3 Å². The highest BCUT2D eigenvalue weighted by Gasteiger charge is 2.06. The number of fused-ring (bicyclic) bond motifs is 1. The molecular weight excluding hydrogens is 193 g/mol. The summed E-state index contributed by atoms with van der Waals surface area (Å²) < 4.78 is 18.2. The molecule has 0 aliphatic heterocycles. The minimum absolute atomic E-state index is 0.264. The molecule has 2 aromatic rings. The van der Waals surface area contributed by atoms with Gasteiger partial charge in [0.1, 0.15) is 11.4 Å². The van der Waals surface area contributed by atoms with Crippen LogP contribution < -0.4 is 5.32 Å². The lowest BCUT2D eigenvalue weighted by molar-refractivity contribution is 0.570. The van der Waals surface area contributed by atoms with Crippen molar-refractivity contribution in [3.8, 4) is 0 Å². The average Bonchev–Trinajstić information content (AvgIpc) is 2.57. The third-order valence-electron chi connectivity index (χ3n) is 2.32. The van der Waals surface area contributed by atoms with Gasteiger partial charge in [-0.3, -0.25) is 0 Å². The van der Waals surface area contributed by atoms with E-state index >= 15 is 0 Å². The zero-order chi connectivity index (χ0) is 10.8. The highest BCUT2D eigenvalue weighted by Crippen LogP contribution is 2.21. The van der Waals surface area contributed by atoms with Crippen LogP contribution in [0.1, 0.15) is 19.4 Å². The van der Waals surface area contributed by atoms with Crippen LogP contribution in [0.4, 0.5) is 4.39 Å². The first-order valence-corrected chi connectivity index (χ1v) is 5.06. The van der Waals surface area contributed by atoms with Crippen molar-refractivity contribution >= 4 is 11.0 Å². The van der Waals surface area contributed by atoms with E-state index in [1.807, 2.05) is 0 Å². The molecule has 0 fully saturated rings. The quantitative estimate of drug-likeness (QED) is 0.836. The number of hydrogen-bond acceptors (Lipinski definition) is 2. The van der Waals surface area contributed by atoms with Crippen LogP contribution in [0.15, 0.2) is 28.9 Å². The number of benzene rings is 1. The van der Waals surface area contributed by atoms with Gasteiger partial charge < -0.3 is 9.73 Å². The number of hydrogen-bond donors (Lipinski definition) is 1. The average molecular weight is 207 g/mol. The van der Waals surface area contributed by atoms with E-state index in [2.05, 4.69) is 19.2 Å². The zero-order valence-corrected chi connectivity index (χ0v) is 8.88. The van der Waals surface area contributed by atoms with E-state index in [9.17, 15) is 4.39 Å². The molecule has 0 radical (unpaired) electrons. The monoisotopic (exact) mass is 207 g/mol. The van der Waals surface area contributed by atoms with Crippen molar-refractivity contribution in [3.63, 3.8) is 0 Å². The molecule has 3 heteroatoms. The summed E-state index contributed by atoms with van der Waals surface area (Å²) in [4.78, 5) is 0. The molecule has 1 aromatic carbocycles. The van der Waals surface area contributed by atoms with Gasteiger partial charge in [-0.25, -0.2) is 4.39 Å². The molecule has 0 amide bonds. The van der Waals surface area contributed by atoms with Gasteiger partial charge >= 0.3 is 0 Å². The fourth-order valence-corrected chi connectivity index (χ4v) is 1.51. The molecular formula is C12H14FNO. The largest absolute Gasteiger partial charge is 0.464 e. The first-order chi connectivity index (χ1) is 7.16. The maximum absolute atomic E-state index is 12.9. The SMILES string of the molecule is CC(C)NCc1coc2cc(F)ccc12. The number of nitrogens with one attached hydrogen (secondary N) is 1. The van der Waals surface area contributed by atoms with Crippen LogP contribution in [0.3, 0.4) is 0 Å². The third kappa shape index (κ3) is 2.18. The number of rotatable bonds is 3. The van der Waals surface area contributed by atoms with Crippen molar-refractivity contribution in [1.29, 1.82) is 0 Å². The molecule has 0 saturated carbocycles. The van der Waals surface area contributed by atoms with E-state index in [1.165, 1.54) is 12.1 Å². The lowest BCUT2D eigenvalue weighted by Crippen LogP contribution is -2.21. The molecule has 0 bridgehead atoms. The molecule has 0 unspecified atom stereocenters. The summed E-state index contributed by atoms with van der Waals surface area (Å²) in [5, 5.41) is 4.28. The molecule has 80 valence electrons. The summed E-state index contributed by atoms with van der Waals surface area (Å²) in [7, 11) is 0. The summed E-state index contributed by atoms with van der Waals surface area (Å²) in [5.74, 6) is -0.264. The van der Waals surface area contributed by atoms with Crippen LogP contribution in [0.25, 0.3) is 11.0 Å². The van der Waals surface area contributed by atoms with Crippen LogP contribution in [0, 0.1) is 5.82 Å². The van der Waals surface area contributed by atoms with Gasteiger partial charge in [-0.15, -0.1) is 0 Å². The van der Waals surface area contributed by atoms with Crippen LogP contribution in [0.2, 0.25) is 0 Å². The van der Waals surface area contributed by atoms with Gasteiger partial charge in [-0.05, 0) is 12.1 Å². The normalized spacial score (nSPS) is 11.5. The van der Waals surface area contributed by atoms with Crippen LogP contribution in [-0.2, 0) is 6.54 Å². The first-order valence-electron chi connectivity index (χ1n) is 5.06. The smallest absolute Gasteiger partial charge is 0.137 e. The highest BCUT2D eigenvalue weighted by molar-refractivity contribution is 5.80. The van der Waals surface area contributed by atoms with Crippen molar-refractivity contribution in [2.24, 2.45) is 0 Å². The summed E-state index contributed by atoms with van der Waals surface area (Å²) in [6.45, 7) is 4.92. The van der Waals surface area contributed by atoms with Gasteiger partial charge in [0, 0.05) is 29.6 Å². The third-order valence-corrected chi connectivity index (χ3v) is 2.32. The highest BCUT2D eigenvalue weighted by atomic mass is 19.1. The zero-order valence-electron chi connectivity index (χ0n) is 8.88. The van der Waals surface area contributed by atoms with Gasteiger partial charge in [0.25, 0.3) is 0 Å². The molecule has 0 saturated heterocycles. The number of halogens is 1. The lowest BCUT2D eigenvalue weighted by Gasteiger charge is -2.05. The second-order valence-corrected chi connectivity index (χ2v) is 3.94. The Labute approximate surface area is 88.1 Å². The van der Waals surface area contributed by atoms with Gasteiger partial charge in [0.15, 0.2) is 0 Å². The van der Waals surface area contributed by atoms with E-state index in [0.29, 0.717) is 11.6 Å². The summed E-state index contributed by atoms with van der Waals surface area (Å²) in [6.07, 6.45) is 1.68. The maximum Gasteiger partial charge on any atom is 0.137 e. The lowest BCUT2D eigenvalue weighted by atomic mass is 10.1. The van der Waals surface area contributed by atoms with Crippen LogP contribution in [0.5, 0.6) is 0 Å². The molecule has 1 heterocycles. The summed E-state index contributed by atoms with van der Waals surface area (Å²) in [5.41, 5.74) is 1.68. The van der Waals surface area contributed by atoms with Gasteiger partial charge in [0.2, 0.25) is 0 Å². The second-order valence-electron chi connectivity index (χ2n) is 3.94. The summed E-state index contributed by atoms with van der Waals surface area (Å²) in [6, 6.07) is 5.05. The Morgan fingerprint density at radius 1 is 1.40 bits per heavy atom. The Hall–Kier alpha value is -1.35. The van der Waals surface area contributed by atoms with Crippen LogP contribution >= 0.6 is 0 Å². The van der Waals surface area contributed by atoms with Crippen molar-refractivity contribution < 1.29 is 8.81 Å². The molecule has 15 heavy (non-hydrogen) atoms. The van der Waals surface area contributed by atoms with Crippen molar-refractivity contribution in [3.05, 3.63) is 35.8 Å². The Balaban J connectivity index is 2.29. The van der Waals surface area contributed by atoms with Gasteiger partial charge in [-0.1, -0.05) is 13.8 Å². The minimum atomic E-state index is -0.264. The van der Waals surface area contributed by atoms with Crippen molar-refractivity contribution in [2.45, 2.75) is 26.4 Å². The second kappa shape index (κ2) is 4.03. The fourth-order valence-electron chi connectivity index (χ4n) is 1.51.